The standard InChI is InChI=1S/C27H40O6/c1-3-4-5-10-19(2)22(32-26-11-6-8-15-29-26)14-13-20-21-17-25(28)31-24(21)18-23(20)33-27-12-7-9-16-30-27/h13-14,19-24,26-27H,3,6-12,15-18H2,1-2H3/b14-13+/t19?,20-,21-,22-,23-,24+,26?,27?/m1/s1. The number of rotatable bonds is 8. The largest absolute Gasteiger partial charge is 0.462 e. The first kappa shape index (κ1) is 24.7. The van der Waals surface area contributed by atoms with Gasteiger partial charge in [0.25, 0.3) is 0 Å². The van der Waals surface area contributed by atoms with E-state index in [0.717, 1.165) is 71.0 Å². The molecular weight excluding hydrogens is 420 g/mol. The van der Waals surface area contributed by atoms with Gasteiger partial charge in [-0.05, 0) is 44.4 Å². The van der Waals surface area contributed by atoms with Crippen LogP contribution in [0, 0.1) is 29.6 Å². The molecule has 0 aromatic rings. The van der Waals surface area contributed by atoms with Crippen LogP contribution in [0.1, 0.15) is 78.1 Å². The fraction of sp³-hybridized carbons (Fsp3) is 0.815. The summed E-state index contributed by atoms with van der Waals surface area (Å²) in [5, 5.41) is 0. The molecule has 0 aromatic carbocycles. The summed E-state index contributed by atoms with van der Waals surface area (Å²) in [6, 6.07) is 0. The van der Waals surface area contributed by atoms with E-state index >= 15 is 0 Å². The molecule has 6 nitrogen and oxygen atoms in total. The fourth-order valence-electron chi connectivity index (χ4n) is 5.40. The van der Waals surface area contributed by atoms with Crippen molar-refractivity contribution in [3.63, 3.8) is 0 Å². The van der Waals surface area contributed by atoms with Gasteiger partial charge in [0.15, 0.2) is 12.6 Å². The van der Waals surface area contributed by atoms with Crippen LogP contribution in [0.25, 0.3) is 0 Å². The Kier molecular flexibility index (Phi) is 9.26. The minimum absolute atomic E-state index is 0.00535. The van der Waals surface area contributed by atoms with Gasteiger partial charge >= 0.3 is 5.97 Å². The van der Waals surface area contributed by atoms with Gasteiger partial charge < -0.3 is 23.7 Å². The smallest absolute Gasteiger partial charge is 0.306 e. The Labute approximate surface area is 198 Å². The lowest BCUT2D eigenvalue weighted by atomic mass is 9.90. The molecule has 8 atom stereocenters. The number of esters is 1. The normalized spacial score (nSPS) is 36.1. The molecule has 3 heterocycles. The van der Waals surface area contributed by atoms with E-state index < -0.39 is 0 Å². The monoisotopic (exact) mass is 460 g/mol. The van der Waals surface area contributed by atoms with E-state index in [2.05, 4.69) is 37.8 Å². The molecule has 0 aromatic heterocycles. The van der Waals surface area contributed by atoms with Crippen molar-refractivity contribution in [1.82, 2.24) is 0 Å². The van der Waals surface area contributed by atoms with Crippen LogP contribution in [0.2, 0.25) is 0 Å². The maximum Gasteiger partial charge on any atom is 0.306 e. The van der Waals surface area contributed by atoms with Gasteiger partial charge in [0.1, 0.15) is 6.10 Å². The topological polar surface area (TPSA) is 63.2 Å². The molecule has 4 aliphatic rings. The van der Waals surface area contributed by atoms with Crippen molar-refractivity contribution in [2.45, 2.75) is 109 Å². The lowest BCUT2D eigenvalue weighted by molar-refractivity contribution is -0.194. The van der Waals surface area contributed by atoms with Crippen molar-refractivity contribution in [3.05, 3.63) is 12.2 Å². The van der Waals surface area contributed by atoms with Crippen LogP contribution in [0.3, 0.4) is 0 Å². The molecule has 4 fully saturated rings. The van der Waals surface area contributed by atoms with Crippen LogP contribution in [-0.2, 0) is 28.5 Å². The molecule has 0 radical (unpaired) electrons. The van der Waals surface area contributed by atoms with Gasteiger partial charge in [0.05, 0.1) is 18.6 Å². The highest BCUT2D eigenvalue weighted by Crippen LogP contribution is 2.44. The first-order chi connectivity index (χ1) is 16.1. The maximum atomic E-state index is 12.0. The molecule has 6 heteroatoms. The number of ether oxygens (including phenoxy) is 5. The predicted octanol–water partition coefficient (Wildman–Crippen LogP) is 4.76. The fourth-order valence-corrected chi connectivity index (χ4v) is 5.40. The van der Waals surface area contributed by atoms with Gasteiger partial charge in [-0.2, -0.15) is 0 Å². The second kappa shape index (κ2) is 12.4. The molecule has 33 heavy (non-hydrogen) atoms. The summed E-state index contributed by atoms with van der Waals surface area (Å²) in [6.45, 7) is 5.77. The lowest BCUT2D eigenvalue weighted by Crippen LogP contribution is -2.32. The number of carbonyl (C=O) groups excluding carboxylic acids is 1. The average Bonchev–Trinajstić information content (AvgIpc) is 3.33. The Hall–Kier alpha value is -1.39. The van der Waals surface area contributed by atoms with Gasteiger partial charge in [-0.15, -0.1) is 11.8 Å². The summed E-state index contributed by atoms with van der Waals surface area (Å²) in [6.07, 6.45) is 13.1. The zero-order chi connectivity index (χ0) is 23.0. The van der Waals surface area contributed by atoms with E-state index in [1.54, 1.807) is 0 Å². The van der Waals surface area contributed by atoms with E-state index in [9.17, 15) is 4.79 Å². The SMILES string of the molecule is CCC#CCC(C)[C@@H](/C=C/[C@@H]1[C@H]2CC(=O)O[C@H]2C[C@H]1OC1CCCCO1)OC1CCCCO1. The molecule has 3 aliphatic heterocycles. The highest BCUT2D eigenvalue weighted by molar-refractivity contribution is 5.72. The third-order valence-corrected chi connectivity index (χ3v) is 7.27. The van der Waals surface area contributed by atoms with Crippen molar-refractivity contribution in [2.75, 3.05) is 13.2 Å². The maximum absolute atomic E-state index is 12.0. The molecule has 4 rings (SSSR count). The molecule has 3 saturated heterocycles. The summed E-state index contributed by atoms with van der Waals surface area (Å²) >= 11 is 0. The van der Waals surface area contributed by atoms with Crippen LogP contribution in [0.15, 0.2) is 12.2 Å². The van der Waals surface area contributed by atoms with E-state index in [0.29, 0.717) is 6.42 Å². The molecule has 3 unspecified atom stereocenters. The summed E-state index contributed by atoms with van der Waals surface area (Å²) in [4.78, 5) is 12.0. The summed E-state index contributed by atoms with van der Waals surface area (Å²) in [5.41, 5.74) is 0. The third kappa shape index (κ3) is 6.82. The average molecular weight is 461 g/mol. The summed E-state index contributed by atoms with van der Waals surface area (Å²) in [7, 11) is 0. The Balaban J connectivity index is 1.46. The number of carbonyl (C=O) groups is 1. The highest BCUT2D eigenvalue weighted by atomic mass is 16.7. The minimum atomic E-state index is -0.162. The number of hydrogen-bond donors (Lipinski definition) is 0. The molecule has 0 amide bonds. The molecule has 1 saturated carbocycles. The van der Waals surface area contributed by atoms with E-state index in [4.69, 9.17) is 23.7 Å². The van der Waals surface area contributed by atoms with Gasteiger partial charge in [-0.3, -0.25) is 4.79 Å². The van der Waals surface area contributed by atoms with Crippen LogP contribution >= 0.6 is 0 Å². The zero-order valence-electron chi connectivity index (χ0n) is 20.2. The van der Waals surface area contributed by atoms with Crippen molar-refractivity contribution in [1.29, 1.82) is 0 Å². The van der Waals surface area contributed by atoms with Crippen LogP contribution < -0.4 is 0 Å². The number of hydrogen-bond acceptors (Lipinski definition) is 6. The predicted molar refractivity (Wildman–Crippen MR) is 124 cm³/mol. The van der Waals surface area contributed by atoms with Crippen LogP contribution in [0.4, 0.5) is 0 Å². The molecule has 0 bridgehead atoms. The summed E-state index contributed by atoms with van der Waals surface area (Å²) in [5.74, 6) is 6.86. The van der Waals surface area contributed by atoms with Crippen molar-refractivity contribution < 1.29 is 28.5 Å². The highest BCUT2D eigenvalue weighted by Gasteiger charge is 2.50. The van der Waals surface area contributed by atoms with Gasteiger partial charge in [-0.25, -0.2) is 0 Å². The molecule has 0 spiro atoms. The molecule has 1 aliphatic carbocycles. The quantitative estimate of drug-likeness (QED) is 0.296. The van der Waals surface area contributed by atoms with E-state index in [1.165, 1.54) is 0 Å². The van der Waals surface area contributed by atoms with Gasteiger partial charge in [-0.1, -0.05) is 26.0 Å². The van der Waals surface area contributed by atoms with E-state index in [-0.39, 0.29) is 54.6 Å². The van der Waals surface area contributed by atoms with Gasteiger partial charge in [0, 0.05) is 44.3 Å². The van der Waals surface area contributed by atoms with Crippen molar-refractivity contribution in [3.8, 4) is 11.8 Å². The van der Waals surface area contributed by atoms with Crippen LogP contribution in [0.5, 0.6) is 0 Å². The second-order valence-electron chi connectivity index (χ2n) is 9.85. The Morgan fingerprint density at radius 2 is 1.85 bits per heavy atom. The summed E-state index contributed by atoms with van der Waals surface area (Å²) < 4.78 is 30.1. The van der Waals surface area contributed by atoms with E-state index in [1.807, 2.05) is 0 Å². The minimum Gasteiger partial charge on any atom is -0.462 e. The number of fused-ring (bicyclic) bond motifs is 1. The Bertz CT molecular complexity index is 712. The Morgan fingerprint density at radius 1 is 1.09 bits per heavy atom. The Morgan fingerprint density at radius 3 is 2.55 bits per heavy atom. The molecule has 0 N–H and O–H groups in total. The van der Waals surface area contributed by atoms with Crippen molar-refractivity contribution in [2.24, 2.45) is 17.8 Å². The second-order valence-corrected chi connectivity index (χ2v) is 9.85. The first-order valence-corrected chi connectivity index (χ1v) is 13.0. The van der Waals surface area contributed by atoms with Crippen molar-refractivity contribution >= 4 is 5.97 Å². The molecular formula is C27H40O6. The molecule has 184 valence electrons. The van der Waals surface area contributed by atoms with Crippen LogP contribution in [-0.4, -0.2) is 50.1 Å². The first-order valence-electron chi connectivity index (χ1n) is 13.0. The third-order valence-electron chi connectivity index (χ3n) is 7.27. The van der Waals surface area contributed by atoms with Gasteiger partial charge in [0.2, 0.25) is 0 Å². The lowest BCUT2D eigenvalue weighted by Gasteiger charge is -2.30. The zero-order valence-corrected chi connectivity index (χ0v) is 20.2.